The zero-order chi connectivity index (χ0) is 12.1. The number of rotatable bonds is 5. The van der Waals surface area contributed by atoms with Gasteiger partial charge in [-0.15, -0.1) is 0 Å². The molecular weight excluding hydrogens is 220 g/mol. The van der Waals surface area contributed by atoms with Crippen molar-refractivity contribution >= 4 is 5.91 Å². The van der Waals surface area contributed by atoms with E-state index in [0.717, 1.165) is 5.82 Å². The number of furan rings is 1. The number of aromatic nitrogens is 2. The standard InChI is InChI=1S/C11H14N4O2/c12-7-8-1-2-9(17-8)11(16)15-4-3-10-13-5-6-14-10/h1-2,5-6H,3-4,7,12H2,(H,13,14)(H,15,16). The smallest absolute Gasteiger partial charge is 0.287 e. The summed E-state index contributed by atoms with van der Waals surface area (Å²) in [6.07, 6.45) is 4.08. The molecule has 0 saturated carbocycles. The lowest BCUT2D eigenvalue weighted by Gasteiger charge is -2.01. The van der Waals surface area contributed by atoms with Crippen LogP contribution in [0.4, 0.5) is 0 Å². The molecule has 0 aliphatic rings. The molecule has 0 saturated heterocycles. The van der Waals surface area contributed by atoms with Crippen LogP contribution in [0.1, 0.15) is 22.1 Å². The van der Waals surface area contributed by atoms with Crippen LogP contribution in [0.3, 0.4) is 0 Å². The van der Waals surface area contributed by atoms with Crippen molar-refractivity contribution in [1.82, 2.24) is 15.3 Å². The van der Waals surface area contributed by atoms with Gasteiger partial charge in [0, 0.05) is 25.4 Å². The van der Waals surface area contributed by atoms with Gasteiger partial charge in [-0.05, 0) is 12.1 Å². The summed E-state index contributed by atoms with van der Waals surface area (Å²) >= 11 is 0. The van der Waals surface area contributed by atoms with Crippen LogP contribution in [-0.4, -0.2) is 22.4 Å². The minimum Gasteiger partial charge on any atom is -0.455 e. The van der Waals surface area contributed by atoms with Gasteiger partial charge >= 0.3 is 0 Å². The fourth-order valence-corrected chi connectivity index (χ4v) is 1.43. The largest absolute Gasteiger partial charge is 0.455 e. The van der Waals surface area contributed by atoms with Gasteiger partial charge in [0.2, 0.25) is 0 Å². The maximum atomic E-state index is 11.6. The topological polar surface area (TPSA) is 96.9 Å². The van der Waals surface area contributed by atoms with Gasteiger partial charge in [-0.1, -0.05) is 0 Å². The molecule has 0 aromatic carbocycles. The number of aromatic amines is 1. The minimum absolute atomic E-state index is 0.240. The predicted molar refractivity (Wildman–Crippen MR) is 61.2 cm³/mol. The molecule has 6 heteroatoms. The highest BCUT2D eigenvalue weighted by atomic mass is 16.4. The number of carbonyl (C=O) groups is 1. The Kier molecular flexibility index (Phi) is 3.56. The Morgan fingerprint density at radius 3 is 3.06 bits per heavy atom. The van der Waals surface area contributed by atoms with E-state index < -0.39 is 0 Å². The summed E-state index contributed by atoms with van der Waals surface area (Å²) in [5.41, 5.74) is 5.39. The van der Waals surface area contributed by atoms with E-state index in [1.165, 1.54) is 0 Å². The Bertz CT molecular complexity index is 475. The third-order valence-electron chi connectivity index (χ3n) is 2.29. The Labute approximate surface area is 98.2 Å². The van der Waals surface area contributed by atoms with Crippen molar-refractivity contribution in [3.8, 4) is 0 Å². The van der Waals surface area contributed by atoms with Crippen molar-refractivity contribution in [1.29, 1.82) is 0 Å². The summed E-state index contributed by atoms with van der Waals surface area (Å²) in [5.74, 6) is 1.48. The van der Waals surface area contributed by atoms with Crippen LogP contribution in [-0.2, 0) is 13.0 Å². The van der Waals surface area contributed by atoms with Gasteiger partial charge in [-0.25, -0.2) is 4.98 Å². The van der Waals surface area contributed by atoms with Crippen LogP contribution in [0.5, 0.6) is 0 Å². The van der Waals surface area contributed by atoms with Crippen molar-refractivity contribution in [3.63, 3.8) is 0 Å². The molecule has 0 unspecified atom stereocenters. The van der Waals surface area contributed by atoms with Gasteiger partial charge in [0.25, 0.3) is 5.91 Å². The van der Waals surface area contributed by atoms with Gasteiger partial charge in [0.15, 0.2) is 5.76 Å². The second-order valence-corrected chi connectivity index (χ2v) is 3.51. The highest BCUT2D eigenvalue weighted by Gasteiger charge is 2.09. The molecule has 2 aromatic heterocycles. The molecule has 2 aromatic rings. The first kappa shape index (κ1) is 11.4. The molecule has 1 amide bonds. The molecule has 0 aliphatic heterocycles. The van der Waals surface area contributed by atoms with E-state index in [0.29, 0.717) is 25.3 Å². The summed E-state index contributed by atoms with van der Waals surface area (Å²) in [6.45, 7) is 0.796. The zero-order valence-electron chi connectivity index (χ0n) is 9.27. The van der Waals surface area contributed by atoms with Crippen LogP contribution in [0.15, 0.2) is 28.9 Å². The third kappa shape index (κ3) is 2.94. The molecule has 0 bridgehead atoms. The second-order valence-electron chi connectivity index (χ2n) is 3.51. The van der Waals surface area contributed by atoms with E-state index in [1.807, 2.05) is 0 Å². The van der Waals surface area contributed by atoms with Crippen LogP contribution < -0.4 is 11.1 Å². The molecule has 0 fully saturated rings. The van der Waals surface area contributed by atoms with E-state index in [2.05, 4.69) is 15.3 Å². The molecule has 6 nitrogen and oxygen atoms in total. The molecule has 0 aliphatic carbocycles. The maximum Gasteiger partial charge on any atom is 0.287 e. The lowest BCUT2D eigenvalue weighted by Crippen LogP contribution is -2.25. The predicted octanol–water partition coefficient (Wildman–Crippen LogP) is 0.434. The minimum atomic E-state index is -0.240. The van der Waals surface area contributed by atoms with E-state index in [-0.39, 0.29) is 11.7 Å². The number of carbonyl (C=O) groups excluding carboxylic acids is 1. The Morgan fingerprint density at radius 1 is 1.53 bits per heavy atom. The Hall–Kier alpha value is -2.08. The van der Waals surface area contributed by atoms with Crippen LogP contribution in [0.25, 0.3) is 0 Å². The monoisotopic (exact) mass is 234 g/mol. The highest BCUT2D eigenvalue weighted by Crippen LogP contribution is 2.06. The van der Waals surface area contributed by atoms with E-state index in [4.69, 9.17) is 10.2 Å². The zero-order valence-corrected chi connectivity index (χ0v) is 9.27. The maximum absolute atomic E-state index is 11.6. The average molecular weight is 234 g/mol. The van der Waals surface area contributed by atoms with Gasteiger partial charge in [0.1, 0.15) is 11.6 Å². The van der Waals surface area contributed by atoms with Crippen molar-refractivity contribution in [2.24, 2.45) is 5.73 Å². The summed E-state index contributed by atoms with van der Waals surface area (Å²) in [6, 6.07) is 3.31. The second kappa shape index (κ2) is 5.31. The van der Waals surface area contributed by atoms with Gasteiger partial charge in [0.05, 0.1) is 6.54 Å². The molecule has 0 radical (unpaired) electrons. The molecule has 0 spiro atoms. The molecule has 90 valence electrons. The van der Waals surface area contributed by atoms with E-state index >= 15 is 0 Å². The van der Waals surface area contributed by atoms with Crippen molar-refractivity contribution < 1.29 is 9.21 Å². The number of H-pyrrole nitrogens is 1. The van der Waals surface area contributed by atoms with Crippen molar-refractivity contribution in [3.05, 3.63) is 41.9 Å². The normalized spacial score (nSPS) is 10.4. The fourth-order valence-electron chi connectivity index (χ4n) is 1.43. The van der Waals surface area contributed by atoms with Gasteiger partial charge < -0.3 is 20.5 Å². The number of hydrogen-bond acceptors (Lipinski definition) is 4. The fraction of sp³-hybridized carbons (Fsp3) is 0.273. The quantitative estimate of drug-likeness (QED) is 0.699. The molecule has 4 N–H and O–H groups in total. The summed E-state index contributed by atoms with van der Waals surface area (Å²) in [7, 11) is 0. The number of nitrogens with one attached hydrogen (secondary N) is 2. The highest BCUT2D eigenvalue weighted by molar-refractivity contribution is 5.91. The lowest BCUT2D eigenvalue weighted by atomic mass is 10.3. The first-order chi connectivity index (χ1) is 8.29. The Morgan fingerprint density at radius 2 is 2.41 bits per heavy atom. The Balaban J connectivity index is 1.81. The number of nitrogens with zero attached hydrogens (tertiary/aromatic N) is 1. The average Bonchev–Trinajstić information content (AvgIpc) is 2.99. The van der Waals surface area contributed by atoms with Gasteiger partial charge in [-0.3, -0.25) is 4.79 Å². The van der Waals surface area contributed by atoms with E-state index in [9.17, 15) is 4.79 Å². The number of amides is 1. The van der Waals surface area contributed by atoms with E-state index in [1.54, 1.807) is 24.5 Å². The number of imidazole rings is 1. The van der Waals surface area contributed by atoms with Crippen LogP contribution in [0.2, 0.25) is 0 Å². The molecule has 2 rings (SSSR count). The number of nitrogens with two attached hydrogens (primary N) is 1. The van der Waals surface area contributed by atoms with Crippen LogP contribution >= 0.6 is 0 Å². The summed E-state index contributed by atoms with van der Waals surface area (Å²) < 4.78 is 5.22. The summed E-state index contributed by atoms with van der Waals surface area (Å²) in [5, 5.41) is 2.74. The molecule has 17 heavy (non-hydrogen) atoms. The van der Waals surface area contributed by atoms with Crippen molar-refractivity contribution in [2.45, 2.75) is 13.0 Å². The molecule has 2 heterocycles. The SMILES string of the molecule is NCc1ccc(C(=O)NCCc2ncc[nH]2)o1. The third-order valence-corrected chi connectivity index (χ3v) is 2.29. The first-order valence-corrected chi connectivity index (χ1v) is 5.35. The lowest BCUT2D eigenvalue weighted by molar-refractivity contribution is 0.0924. The molecule has 0 atom stereocenters. The van der Waals surface area contributed by atoms with Gasteiger partial charge in [-0.2, -0.15) is 0 Å². The van der Waals surface area contributed by atoms with Crippen molar-refractivity contribution in [2.75, 3.05) is 6.54 Å². The first-order valence-electron chi connectivity index (χ1n) is 5.35. The van der Waals surface area contributed by atoms with Crippen LogP contribution in [0, 0.1) is 0 Å². The summed E-state index contributed by atoms with van der Waals surface area (Å²) in [4.78, 5) is 18.6. The molecular formula is C11H14N4O2. The number of hydrogen-bond donors (Lipinski definition) is 3.